The van der Waals surface area contributed by atoms with Crippen LogP contribution in [0.4, 0.5) is 5.69 Å². The van der Waals surface area contributed by atoms with Crippen LogP contribution in [0.15, 0.2) is 36.4 Å². The number of hydrogen-bond donors (Lipinski definition) is 3. The van der Waals surface area contributed by atoms with Gasteiger partial charge in [0, 0.05) is 12.1 Å². The SMILES string of the molecule is O=C1O[C@@]23CCCCC2(c2ccccc2N3)c2ccc(O)c(O)c21. The molecule has 2 aromatic carbocycles. The molecule has 0 saturated heterocycles. The Morgan fingerprint density at radius 3 is 2.67 bits per heavy atom. The Kier molecular flexibility index (Phi) is 2.42. The normalized spacial score (nSPS) is 29.6. The quantitative estimate of drug-likeness (QED) is 0.512. The number of aromatic hydroxyl groups is 2. The van der Waals surface area contributed by atoms with Crippen molar-refractivity contribution in [3.05, 3.63) is 53.1 Å². The van der Waals surface area contributed by atoms with Gasteiger partial charge in [-0.05, 0) is 36.1 Å². The number of anilines is 1. The molecule has 24 heavy (non-hydrogen) atoms. The van der Waals surface area contributed by atoms with Crippen molar-refractivity contribution in [2.75, 3.05) is 5.32 Å². The highest BCUT2D eigenvalue weighted by Gasteiger charge is 2.66. The predicted molar refractivity (Wildman–Crippen MR) is 87.2 cm³/mol. The zero-order chi connectivity index (χ0) is 16.5. The molecule has 5 heteroatoms. The lowest BCUT2D eigenvalue weighted by Crippen LogP contribution is -2.60. The number of para-hydroxylation sites is 1. The maximum Gasteiger partial charge on any atom is 0.344 e. The minimum absolute atomic E-state index is 0.0889. The predicted octanol–water partition coefficient (Wildman–Crippen LogP) is 3.25. The monoisotopic (exact) mass is 323 g/mol. The van der Waals surface area contributed by atoms with Gasteiger partial charge < -0.3 is 20.3 Å². The van der Waals surface area contributed by atoms with Crippen molar-refractivity contribution in [1.29, 1.82) is 0 Å². The molecule has 0 spiro atoms. The first kappa shape index (κ1) is 13.7. The first-order chi connectivity index (χ1) is 11.6. The van der Waals surface area contributed by atoms with Crippen LogP contribution in [0.2, 0.25) is 0 Å². The molecule has 5 nitrogen and oxygen atoms in total. The van der Waals surface area contributed by atoms with Gasteiger partial charge in [-0.25, -0.2) is 4.79 Å². The third kappa shape index (κ3) is 1.35. The van der Waals surface area contributed by atoms with E-state index in [9.17, 15) is 15.0 Å². The summed E-state index contributed by atoms with van der Waals surface area (Å²) in [5, 5.41) is 23.6. The minimum Gasteiger partial charge on any atom is -0.504 e. The van der Waals surface area contributed by atoms with Gasteiger partial charge in [-0.2, -0.15) is 0 Å². The van der Waals surface area contributed by atoms with E-state index in [4.69, 9.17) is 4.74 Å². The van der Waals surface area contributed by atoms with Gasteiger partial charge in [0.15, 0.2) is 17.2 Å². The fourth-order valence-corrected chi connectivity index (χ4v) is 4.90. The minimum atomic E-state index is -0.817. The number of phenols is 2. The maximum atomic E-state index is 12.7. The van der Waals surface area contributed by atoms with Gasteiger partial charge in [-0.3, -0.25) is 0 Å². The number of benzene rings is 2. The summed E-state index contributed by atoms with van der Waals surface area (Å²) >= 11 is 0. The van der Waals surface area contributed by atoms with E-state index in [-0.39, 0.29) is 11.3 Å². The molecule has 2 aliphatic heterocycles. The summed E-state index contributed by atoms with van der Waals surface area (Å²) in [5.41, 5.74) is 1.53. The Labute approximate surface area is 138 Å². The molecule has 2 heterocycles. The molecule has 1 aliphatic carbocycles. The highest BCUT2D eigenvalue weighted by Crippen LogP contribution is 2.62. The average molecular weight is 323 g/mol. The van der Waals surface area contributed by atoms with Crippen LogP contribution in [-0.4, -0.2) is 21.9 Å². The van der Waals surface area contributed by atoms with Gasteiger partial charge in [0.05, 0.1) is 5.41 Å². The third-order valence-corrected chi connectivity index (χ3v) is 5.83. The molecule has 2 aromatic rings. The molecule has 0 radical (unpaired) electrons. The van der Waals surface area contributed by atoms with Gasteiger partial charge >= 0.3 is 5.97 Å². The van der Waals surface area contributed by atoms with Crippen molar-refractivity contribution < 1.29 is 19.7 Å². The van der Waals surface area contributed by atoms with Crippen LogP contribution in [0.25, 0.3) is 0 Å². The van der Waals surface area contributed by atoms with E-state index in [0.717, 1.165) is 36.1 Å². The van der Waals surface area contributed by atoms with Crippen LogP contribution < -0.4 is 5.32 Å². The maximum absolute atomic E-state index is 12.7. The molecule has 1 fully saturated rings. The Morgan fingerprint density at radius 1 is 1.00 bits per heavy atom. The summed E-state index contributed by atoms with van der Waals surface area (Å²) in [6.07, 6.45) is 3.52. The topological polar surface area (TPSA) is 78.8 Å². The van der Waals surface area contributed by atoms with Gasteiger partial charge in [0.1, 0.15) is 5.56 Å². The van der Waals surface area contributed by atoms with Gasteiger partial charge in [-0.1, -0.05) is 30.7 Å². The smallest absolute Gasteiger partial charge is 0.344 e. The molecule has 0 amide bonds. The zero-order valence-corrected chi connectivity index (χ0v) is 13.0. The number of carbonyl (C=O) groups excluding carboxylic acids is 1. The van der Waals surface area contributed by atoms with Crippen LogP contribution in [0.1, 0.15) is 47.2 Å². The number of hydrogen-bond acceptors (Lipinski definition) is 5. The summed E-state index contributed by atoms with van der Waals surface area (Å²) in [7, 11) is 0. The number of rotatable bonds is 0. The number of ether oxygens (including phenoxy) is 1. The molecule has 0 aromatic heterocycles. The van der Waals surface area contributed by atoms with E-state index in [1.165, 1.54) is 6.07 Å². The number of phenolic OH excluding ortho intramolecular Hbond substituents is 2. The summed E-state index contributed by atoms with van der Waals surface area (Å²) < 4.78 is 5.92. The Bertz CT molecular complexity index is 893. The number of fused-ring (bicyclic) bond motifs is 2. The molecular formula is C19H17NO4. The summed E-state index contributed by atoms with van der Waals surface area (Å²) in [5.74, 6) is -1.28. The lowest BCUT2D eigenvalue weighted by atomic mass is 9.59. The molecule has 3 N–H and O–H groups in total. The van der Waals surface area contributed by atoms with Crippen LogP contribution >= 0.6 is 0 Å². The largest absolute Gasteiger partial charge is 0.504 e. The van der Waals surface area contributed by atoms with E-state index >= 15 is 0 Å². The molecule has 1 unspecified atom stereocenters. The number of esters is 1. The fourth-order valence-electron chi connectivity index (χ4n) is 4.90. The first-order valence-electron chi connectivity index (χ1n) is 8.25. The van der Waals surface area contributed by atoms with E-state index in [2.05, 4.69) is 11.4 Å². The van der Waals surface area contributed by atoms with Gasteiger partial charge in [0.25, 0.3) is 0 Å². The molecule has 0 bridgehead atoms. The molecular weight excluding hydrogens is 306 g/mol. The van der Waals surface area contributed by atoms with Gasteiger partial charge in [-0.15, -0.1) is 0 Å². The lowest BCUT2D eigenvalue weighted by molar-refractivity contribution is -0.0601. The van der Waals surface area contributed by atoms with E-state index in [1.54, 1.807) is 6.07 Å². The van der Waals surface area contributed by atoms with Gasteiger partial charge in [0.2, 0.25) is 0 Å². The van der Waals surface area contributed by atoms with E-state index in [1.807, 2.05) is 18.2 Å². The third-order valence-electron chi connectivity index (χ3n) is 5.83. The molecule has 2 atom stereocenters. The Balaban J connectivity index is 1.90. The Hall–Kier alpha value is -2.69. The van der Waals surface area contributed by atoms with Crippen LogP contribution in [0.5, 0.6) is 11.5 Å². The van der Waals surface area contributed by atoms with E-state index < -0.39 is 22.9 Å². The van der Waals surface area contributed by atoms with E-state index in [0.29, 0.717) is 6.42 Å². The lowest BCUT2D eigenvalue weighted by Gasteiger charge is -2.51. The zero-order valence-electron chi connectivity index (χ0n) is 13.0. The Morgan fingerprint density at radius 2 is 1.79 bits per heavy atom. The number of nitrogens with one attached hydrogen (secondary N) is 1. The van der Waals surface area contributed by atoms with Crippen LogP contribution in [-0.2, 0) is 10.2 Å². The second kappa shape index (κ2) is 4.23. The fraction of sp³-hybridized carbons (Fsp3) is 0.316. The van der Waals surface area contributed by atoms with Crippen LogP contribution in [0.3, 0.4) is 0 Å². The molecule has 1 saturated carbocycles. The summed E-state index contributed by atoms with van der Waals surface area (Å²) in [4.78, 5) is 12.7. The summed E-state index contributed by atoms with van der Waals surface area (Å²) in [6, 6.07) is 11.2. The van der Waals surface area contributed by atoms with Crippen molar-refractivity contribution in [2.24, 2.45) is 0 Å². The first-order valence-corrected chi connectivity index (χ1v) is 8.25. The molecule has 3 aliphatic rings. The van der Waals surface area contributed by atoms with Crippen LogP contribution in [0, 0.1) is 0 Å². The van der Waals surface area contributed by atoms with Crippen molar-refractivity contribution in [3.63, 3.8) is 0 Å². The highest BCUT2D eigenvalue weighted by atomic mass is 16.6. The van der Waals surface area contributed by atoms with Crippen molar-refractivity contribution in [3.8, 4) is 11.5 Å². The van der Waals surface area contributed by atoms with Crippen molar-refractivity contribution in [1.82, 2.24) is 0 Å². The van der Waals surface area contributed by atoms with Crippen molar-refractivity contribution >= 4 is 11.7 Å². The summed E-state index contributed by atoms with van der Waals surface area (Å²) in [6.45, 7) is 0. The molecule has 122 valence electrons. The number of carbonyl (C=O) groups is 1. The van der Waals surface area contributed by atoms with Crippen molar-refractivity contribution in [2.45, 2.75) is 36.8 Å². The second-order valence-electron chi connectivity index (χ2n) is 6.86. The highest BCUT2D eigenvalue weighted by molar-refractivity contribution is 5.99. The standard InChI is InChI=1S/C19H17NO4/c21-14-8-7-12-15(16(14)22)17(23)24-19-10-4-3-9-18(12,19)11-5-1-2-6-13(11)20-19/h1-2,5-8,20-22H,3-4,9-10H2/t18?,19-/m0/s1. The second-order valence-corrected chi connectivity index (χ2v) is 6.86. The molecule has 5 rings (SSSR count). The average Bonchev–Trinajstić information content (AvgIpc) is 2.88.